The number of Topliss-reactive ketones (excluding diaryl/α,β-unsaturated/α-hetero) is 1. The summed E-state index contributed by atoms with van der Waals surface area (Å²) in [4.78, 5) is 23.0. The van der Waals surface area contributed by atoms with Crippen molar-refractivity contribution < 1.29 is 14.3 Å². The molecule has 4 nitrogen and oxygen atoms in total. The van der Waals surface area contributed by atoms with Gasteiger partial charge in [-0.1, -0.05) is 12.1 Å². The molecule has 0 amide bonds. The van der Waals surface area contributed by atoms with Crippen LogP contribution in [0.2, 0.25) is 0 Å². The second-order valence-electron chi connectivity index (χ2n) is 3.53. The molecule has 2 rings (SSSR count). The molecule has 0 saturated carbocycles. The number of fused-ring (bicyclic) bond motifs is 1. The molecule has 1 aromatic heterocycles. The minimum atomic E-state index is -0.812. The Kier molecular flexibility index (Phi) is 3.19. The van der Waals surface area contributed by atoms with E-state index in [2.05, 4.69) is 9.11 Å². The van der Waals surface area contributed by atoms with Crippen LogP contribution < -0.4 is 0 Å². The van der Waals surface area contributed by atoms with Gasteiger partial charge in [-0.15, -0.1) is 0 Å². The van der Waals surface area contributed by atoms with Crippen LogP contribution in [0.3, 0.4) is 0 Å². The van der Waals surface area contributed by atoms with Gasteiger partial charge in [0, 0.05) is 10.9 Å². The number of benzene rings is 1. The fourth-order valence-corrected chi connectivity index (χ4v) is 2.35. The summed E-state index contributed by atoms with van der Waals surface area (Å²) in [7, 11) is 0. The van der Waals surface area contributed by atoms with E-state index in [1.807, 2.05) is 6.92 Å². The number of hydrogen-bond acceptors (Lipinski definition) is 5. The van der Waals surface area contributed by atoms with E-state index in [-0.39, 0.29) is 6.61 Å². The molecule has 5 heteroatoms. The first-order chi connectivity index (χ1) is 8.13. The summed E-state index contributed by atoms with van der Waals surface area (Å²) < 4.78 is 9.77. The highest BCUT2D eigenvalue weighted by molar-refractivity contribution is 7.13. The third-order valence-electron chi connectivity index (χ3n) is 2.38. The standard InChI is InChI=1S/C12H11NO3S/c1-3-16-12(15)11(14)8-4-5-9-7(2)13-17-10(9)6-8/h4-6H,3H2,1-2H3. The fourth-order valence-electron chi connectivity index (χ4n) is 1.52. The molecule has 2 aromatic rings. The topological polar surface area (TPSA) is 56.3 Å². The van der Waals surface area contributed by atoms with E-state index < -0.39 is 11.8 Å². The second kappa shape index (κ2) is 4.63. The zero-order valence-electron chi connectivity index (χ0n) is 9.52. The van der Waals surface area contributed by atoms with Gasteiger partial charge in [-0.25, -0.2) is 4.79 Å². The first-order valence-electron chi connectivity index (χ1n) is 5.21. The summed E-state index contributed by atoms with van der Waals surface area (Å²) in [5, 5.41) is 1.01. The SMILES string of the molecule is CCOC(=O)C(=O)c1ccc2c(C)nsc2c1. The molecule has 0 atom stereocenters. The molecule has 1 aromatic carbocycles. The number of carbonyl (C=O) groups is 2. The summed E-state index contributed by atoms with van der Waals surface area (Å²) in [6.07, 6.45) is 0. The van der Waals surface area contributed by atoms with Crippen molar-refractivity contribution in [3.63, 3.8) is 0 Å². The summed E-state index contributed by atoms with van der Waals surface area (Å²) in [5.74, 6) is -1.42. The Morgan fingerprint density at radius 1 is 1.41 bits per heavy atom. The van der Waals surface area contributed by atoms with Crippen molar-refractivity contribution in [1.29, 1.82) is 0 Å². The number of hydrogen-bond donors (Lipinski definition) is 0. The van der Waals surface area contributed by atoms with Crippen molar-refractivity contribution in [2.24, 2.45) is 0 Å². The van der Waals surface area contributed by atoms with Crippen molar-refractivity contribution in [1.82, 2.24) is 4.37 Å². The maximum absolute atomic E-state index is 11.7. The third-order valence-corrected chi connectivity index (χ3v) is 3.27. The van der Waals surface area contributed by atoms with Gasteiger partial charge in [0.2, 0.25) is 0 Å². The molecule has 0 unspecified atom stereocenters. The van der Waals surface area contributed by atoms with E-state index in [1.54, 1.807) is 25.1 Å². The Hall–Kier alpha value is -1.75. The molecule has 0 aliphatic heterocycles. The van der Waals surface area contributed by atoms with E-state index in [0.29, 0.717) is 5.56 Å². The van der Waals surface area contributed by atoms with Gasteiger partial charge in [-0.2, -0.15) is 4.37 Å². The lowest BCUT2D eigenvalue weighted by Gasteiger charge is -2.00. The van der Waals surface area contributed by atoms with Gasteiger partial charge in [0.05, 0.1) is 17.0 Å². The number of aromatic nitrogens is 1. The molecule has 0 bridgehead atoms. The average molecular weight is 249 g/mol. The predicted octanol–water partition coefficient (Wildman–Crippen LogP) is 2.35. The van der Waals surface area contributed by atoms with E-state index in [0.717, 1.165) is 15.8 Å². The van der Waals surface area contributed by atoms with Crippen LogP contribution in [0.25, 0.3) is 10.1 Å². The number of rotatable bonds is 3. The Morgan fingerprint density at radius 3 is 2.88 bits per heavy atom. The van der Waals surface area contributed by atoms with Crippen LogP contribution in [-0.2, 0) is 9.53 Å². The Morgan fingerprint density at radius 2 is 2.18 bits per heavy atom. The van der Waals surface area contributed by atoms with Crippen LogP contribution in [0, 0.1) is 6.92 Å². The fraction of sp³-hybridized carbons (Fsp3) is 0.250. The Bertz CT molecular complexity index is 588. The van der Waals surface area contributed by atoms with E-state index in [1.165, 1.54) is 11.5 Å². The largest absolute Gasteiger partial charge is 0.460 e. The predicted molar refractivity (Wildman–Crippen MR) is 65.3 cm³/mol. The van der Waals surface area contributed by atoms with E-state index in [4.69, 9.17) is 0 Å². The maximum Gasteiger partial charge on any atom is 0.379 e. The highest BCUT2D eigenvalue weighted by atomic mass is 32.1. The Labute approximate surface area is 102 Å². The van der Waals surface area contributed by atoms with Crippen LogP contribution in [-0.4, -0.2) is 22.7 Å². The molecule has 0 spiro atoms. The molecule has 0 aliphatic rings. The van der Waals surface area contributed by atoms with Gasteiger partial charge in [0.15, 0.2) is 0 Å². The maximum atomic E-state index is 11.7. The lowest BCUT2D eigenvalue weighted by atomic mass is 10.1. The lowest BCUT2D eigenvalue weighted by Crippen LogP contribution is -2.17. The first kappa shape index (κ1) is 11.7. The molecule has 0 saturated heterocycles. The molecule has 0 fully saturated rings. The van der Waals surface area contributed by atoms with E-state index in [9.17, 15) is 9.59 Å². The zero-order chi connectivity index (χ0) is 12.4. The summed E-state index contributed by atoms with van der Waals surface area (Å²) in [5.41, 5.74) is 1.28. The third kappa shape index (κ3) is 2.19. The number of ketones is 1. The Balaban J connectivity index is 2.36. The van der Waals surface area contributed by atoms with Gasteiger partial charge in [0.1, 0.15) is 0 Å². The van der Waals surface area contributed by atoms with Crippen molar-refractivity contribution >= 4 is 33.4 Å². The minimum absolute atomic E-state index is 0.201. The van der Waals surface area contributed by atoms with Gasteiger partial charge in [-0.3, -0.25) is 4.79 Å². The molecule has 17 heavy (non-hydrogen) atoms. The molecule has 0 radical (unpaired) electrons. The normalized spacial score (nSPS) is 10.5. The number of esters is 1. The van der Waals surface area contributed by atoms with Crippen LogP contribution in [0.1, 0.15) is 23.0 Å². The quantitative estimate of drug-likeness (QED) is 0.476. The minimum Gasteiger partial charge on any atom is -0.460 e. The van der Waals surface area contributed by atoms with E-state index >= 15 is 0 Å². The smallest absolute Gasteiger partial charge is 0.379 e. The summed E-state index contributed by atoms with van der Waals surface area (Å²) >= 11 is 1.32. The van der Waals surface area contributed by atoms with Crippen molar-refractivity contribution in [2.45, 2.75) is 13.8 Å². The molecule has 1 heterocycles. The van der Waals surface area contributed by atoms with Crippen LogP contribution >= 0.6 is 11.5 Å². The van der Waals surface area contributed by atoms with Crippen LogP contribution in [0.15, 0.2) is 18.2 Å². The van der Waals surface area contributed by atoms with Crippen LogP contribution in [0.5, 0.6) is 0 Å². The summed E-state index contributed by atoms with van der Waals surface area (Å²) in [6, 6.07) is 5.11. The molecule has 88 valence electrons. The van der Waals surface area contributed by atoms with Gasteiger partial charge in [0.25, 0.3) is 5.78 Å². The van der Waals surface area contributed by atoms with Crippen molar-refractivity contribution in [3.05, 3.63) is 29.5 Å². The molecule has 0 N–H and O–H groups in total. The monoisotopic (exact) mass is 249 g/mol. The van der Waals surface area contributed by atoms with Gasteiger partial charge >= 0.3 is 5.97 Å². The number of aryl methyl sites for hydroxylation is 1. The van der Waals surface area contributed by atoms with Gasteiger partial charge in [-0.05, 0) is 31.4 Å². The van der Waals surface area contributed by atoms with Gasteiger partial charge < -0.3 is 4.74 Å². The number of nitrogens with zero attached hydrogens (tertiary/aromatic N) is 1. The zero-order valence-corrected chi connectivity index (χ0v) is 10.3. The van der Waals surface area contributed by atoms with Crippen molar-refractivity contribution in [2.75, 3.05) is 6.61 Å². The first-order valence-corrected chi connectivity index (χ1v) is 5.98. The number of ether oxygens (including phenoxy) is 1. The summed E-state index contributed by atoms with van der Waals surface area (Å²) in [6.45, 7) is 3.78. The molecular weight excluding hydrogens is 238 g/mol. The highest BCUT2D eigenvalue weighted by Gasteiger charge is 2.18. The highest BCUT2D eigenvalue weighted by Crippen LogP contribution is 2.23. The molecule has 0 aliphatic carbocycles. The van der Waals surface area contributed by atoms with Crippen molar-refractivity contribution in [3.8, 4) is 0 Å². The second-order valence-corrected chi connectivity index (χ2v) is 4.33. The number of carbonyl (C=O) groups excluding carboxylic acids is 2. The lowest BCUT2D eigenvalue weighted by molar-refractivity contribution is -0.137. The molecular formula is C12H11NO3S. The van der Waals surface area contributed by atoms with Crippen LogP contribution in [0.4, 0.5) is 0 Å². The average Bonchev–Trinajstić information content (AvgIpc) is 2.70.